The van der Waals surface area contributed by atoms with Gasteiger partial charge in [-0.25, -0.2) is 0 Å². The zero-order valence-corrected chi connectivity index (χ0v) is 4.03. The van der Waals surface area contributed by atoms with Gasteiger partial charge in [-0.3, -0.25) is 23.4 Å². The smallest absolute Gasteiger partial charge is 0.147 e. The van der Waals surface area contributed by atoms with Gasteiger partial charge < -0.3 is 0 Å². The Morgan fingerprint density at radius 1 is 1.00 bits per heavy atom. The minimum atomic E-state index is 0. The van der Waals surface area contributed by atoms with E-state index < -0.39 is 0 Å². The molecule has 0 unspecified atom stereocenters. The fourth-order valence-electron chi connectivity index (χ4n) is 0. The fraction of sp³-hybridized carbons (Fsp3) is 0. The summed E-state index contributed by atoms with van der Waals surface area (Å²) in [5.41, 5.74) is 1.75. The maximum Gasteiger partial charge on any atom is -0.147 e. The molecule has 6 heavy (non-hydrogen) atoms. The number of hydrazine groups is 3. The first kappa shape index (κ1) is 16.5. The molecule has 0 heterocycles. The molecule has 0 radical (unpaired) electrons. The lowest BCUT2D eigenvalue weighted by atomic mass is 12.6. The molecule has 0 amide bonds. The van der Waals surface area contributed by atoms with Crippen molar-refractivity contribution in [2.24, 2.45) is 23.4 Å². The lowest BCUT2D eigenvalue weighted by Gasteiger charge is -1.64. The standard InChI is InChI=1S/ClH.H5N3.H4N2/c;1-3-2;1-2/h1H;3H,1-2H2;1-2H2. The lowest BCUT2D eigenvalue weighted by Crippen LogP contribution is -2.29. The number of rotatable bonds is 0. The molecule has 0 aliphatic heterocycles. The molecule has 0 aromatic rings. The van der Waals surface area contributed by atoms with Crippen molar-refractivity contribution in [3.8, 4) is 0 Å². The third-order valence-electron chi connectivity index (χ3n) is 0. The Balaban J connectivity index is -0.0000000275. The van der Waals surface area contributed by atoms with E-state index in [1.54, 1.807) is 5.53 Å². The summed E-state index contributed by atoms with van der Waals surface area (Å²) in [6.07, 6.45) is 0. The molecule has 0 bridgehead atoms. The average molecular weight is 116 g/mol. The normalized spacial score (nSPS) is 4.00. The molecule has 0 aliphatic carbocycles. The number of nitrogens with one attached hydrogen (secondary N) is 1. The maximum absolute atomic E-state index is 4.38. The van der Waals surface area contributed by atoms with Crippen molar-refractivity contribution in [1.29, 1.82) is 0 Å². The Morgan fingerprint density at radius 3 is 1.00 bits per heavy atom. The Kier molecular flexibility index (Phi) is 197. The molecule has 6 heteroatoms. The van der Waals surface area contributed by atoms with Crippen LogP contribution in [-0.2, 0) is 0 Å². The Bertz CT molecular complexity index is 3.90. The maximum atomic E-state index is 4.38. The van der Waals surface area contributed by atoms with Gasteiger partial charge in [0.05, 0.1) is 0 Å². The monoisotopic (exact) mass is 115 g/mol. The average Bonchev–Trinajstić information content (AvgIpc) is 1.46. The van der Waals surface area contributed by atoms with E-state index in [-0.39, 0.29) is 12.4 Å². The Hall–Kier alpha value is 0.0900. The molecule has 0 saturated carbocycles. The quantitative estimate of drug-likeness (QED) is 0.178. The van der Waals surface area contributed by atoms with Gasteiger partial charge in [-0.2, -0.15) is 5.53 Å². The molecular weight excluding hydrogens is 105 g/mol. The summed E-state index contributed by atoms with van der Waals surface area (Å²) >= 11 is 0. The first-order chi connectivity index (χ1) is 2.41. The predicted octanol–water partition coefficient (Wildman–Crippen LogP) is -2.44. The third-order valence-corrected chi connectivity index (χ3v) is 0. The molecule has 0 atom stereocenters. The van der Waals surface area contributed by atoms with E-state index in [9.17, 15) is 0 Å². The van der Waals surface area contributed by atoms with Gasteiger partial charge in [0.1, 0.15) is 0 Å². The van der Waals surface area contributed by atoms with Gasteiger partial charge in [0, 0.05) is 0 Å². The summed E-state index contributed by atoms with van der Waals surface area (Å²) in [5, 5.41) is 0. The highest BCUT2D eigenvalue weighted by Crippen LogP contribution is 0.690. The molecule has 0 saturated heterocycles. The molecule has 9 N–H and O–H groups in total. The second-order valence-corrected chi connectivity index (χ2v) is 0.167. The van der Waals surface area contributed by atoms with Crippen LogP contribution in [0.3, 0.4) is 0 Å². The highest BCUT2D eigenvalue weighted by Gasteiger charge is 1.19. The minimum absolute atomic E-state index is 0. The summed E-state index contributed by atoms with van der Waals surface area (Å²) < 4.78 is 0. The SMILES string of the molecule is Cl.NN.NNN. The van der Waals surface area contributed by atoms with Gasteiger partial charge in [0.2, 0.25) is 0 Å². The Labute approximate surface area is 42.4 Å². The van der Waals surface area contributed by atoms with E-state index in [2.05, 4.69) is 23.4 Å². The number of hydrogen-bond acceptors (Lipinski definition) is 5. The highest BCUT2D eigenvalue weighted by molar-refractivity contribution is 5.85. The second kappa shape index (κ2) is 71.7. The summed E-state index contributed by atoms with van der Waals surface area (Å²) in [6, 6.07) is 0. The van der Waals surface area contributed by atoms with Crippen LogP contribution in [0.5, 0.6) is 0 Å². The van der Waals surface area contributed by atoms with Crippen molar-refractivity contribution < 1.29 is 0 Å². The zero-order chi connectivity index (χ0) is 4.71. The molecule has 0 aliphatic rings. The van der Waals surface area contributed by atoms with Crippen LogP contribution in [0.25, 0.3) is 0 Å². The predicted molar refractivity (Wildman–Crippen MR) is 27.1 cm³/mol. The lowest BCUT2D eigenvalue weighted by molar-refractivity contribution is 0.803. The summed E-state index contributed by atoms with van der Waals surface area (Å²) in [4.78, 5) is 0. The van der Waals surface area contributed by atoms with Gasteiger partial charge in [-0.1, -0.05) is 0 Å². The molecule has 0 aromatic heterocycles. The molecular formula is H10ClN5. The van der Waals surface area contributed by atoms with Crippen molar-refractivity contribution in [3.05, 3.63) is 0 Å². The second-order valence-electron chi connectivity index (χ2n) is 0.167. The van der Waals surface area contributed by atoms with Gasteiger partial charge in [0.15, 0.2) is 0 Å². The first-order valence-corrected chi connectivity index (χ1v) is 0.911. The van der Waals surface area contributed by atoms with Gasteiger partial charge in [-0.05, 0) is 0 Å². The van der Waals surface area contributed by atoms with Crippen molar-refractivity contribution in [2.45, 2.75) is 0 Å². The molecule has 5 nitrogen and oxygen atoms in total. The third kappa shape index (κ3) is 4820. The van der Waals surface area contributed by atoms with Crippen LogP contribution in [0, 0.1) is 0 Å². The van der Waals surface area contributed by atoms with Gasteiger partial charge >= 0.3 is 0 Å². The number of nitrogens with two attached hydrogens (primary N) is 4. The van der Waals surface area contributed by atoms with Crippen molar-refractivity contribution in [3.63, 3.8) is 0 Å². The van der Waals surface area contributed by atoms with Crippen LogP contribution >= 0.6 is 12.4 Å². The minimum Gasteiger partial charge on any atom is -0.274 e. The molecule has 0 fully saturated rings. The van der Waals surface area contributed by atoms with Crippen LogP contribution in [0.4, 0.5) is 0 Å². The molecule has 42 valence electrons. The van der Waals surface area contributed by atoms with Crippen LogP contribution in [-0.4, -0.2) is 0 Å². The van der Waals surface area contributed by atoms with Crippen molar-refractivity contribution in [2.75, 3.05) is 0 Å². The van der Waals surface area contributed by atoms with Crippen LogP contribution in [0.15, 0.2) is 0 Å². The Morgan fingerprint density at radius 2 is 1.00 bits per heavy atom. The van der Waals surface area contributed by atoms with Crippen LogP contribution in [0.2, 0.25) is 0 Å². The van der Waals surface area contributed by atoms with E-state index in [4.69, 9.17) is 0 Å². The van der Waals surface area contributed by atoms with Crippen molar-refractivity contribution >= 4 is 12.4 Å². The fourth-order valence-corrected chi connectivity index (χ4v) is 0. The number of halogens is 1. The zero-order valence-electron chi connectivity index (χ0n) is 3.22. The molecule has 0 aromatic carbocycles. The summed E-state index contributed by atoms with van der Waals surface area (Å²) in [7, 11) is 0. The van der Waals surface area contributed by atoms with Crippen LogP contribution in [0.1, 0.15) is 0 Å². The summed E-state index contributed by atoms with van der Waals surface area (Å²) in [5.74, 6) is 16.8. The van der Waals surface area contributed by atoms with Gasteiger partial charge in [-0.15, -0.1) is 12.4 Å². The van der Waals surface area contributed by atoms with Crippen LogP contribution < -0.4 is 28.9 Å². The first-order valence-electron chi connectivity index (χ1n) is 0.911. The van der Waals surface area contributed by atoms with Crippen molar-refractivity contribution in [1.82, 2.24) is 5.53 Å². The topological polar surface area (TPSA) is 116 Å². The van der Waals surface area contributed by atoms with Gasteiger partial charge in [0.25, 0.3) is 0 Å². The largest absolute Gasteiger partial charge is 0.274 e. The van der Waals surface area contributed by atoms with E-state index in [1.807, 2.05) is 0 Å². The highest BCUT2D eigenvalue weighted by atomic mass is 35.5. The van der Waals surface area contributed by atoms with E-state index in [0.717, 1.165) is 0 Å². The van der Waals surface area contributed by atoms with E-state index in [0.29, 0.717) is 0 Å². The van der Waals surface area contributed by atoms with E-state index in [1.165, 1.54) is 0 Å². The molecule has 0 rings (SSSR count). The van der Waals surface area contributed by atoms with E-state index >= 15 is 0 Å². The summed E-state index contributed by atoms with van der Waals surface area (Å²) in [6.45, 7) is 0. The molecule has 0 spiro atoms. The number of hydrogen-bond donors (Lipinski definition) is 5.